The van der Waals surface area contributed by atoms with Gasteiger partial charge in [-0.2, -0.15) is 0 Å². The van der Waals surface area contributed by atoms with Crippen molar-refractivity contribution in [1.82, 2.24) is 5.32 Å². The summed E-state index contributed by atoms with van der Waals surface area (Å²) in [5.41, 5.74) is 4.75. The van der Waals surface area contributed by atoms with Gasteiger partial charge in [0.2, 0.25) is 0 Å². The molecule has 1 amide bonds. The Kier molecular flexibility index (Phi) is 4.94. The van der Waals surface area contributed by atoms with Crippen molar-refractivity contribution in [3.8, 4) is 0 Å². The second kappa shape index (κ2) is 7.31. The maximum Gasteiger partial charge on any atom is 0.252 e. The minimum atomic E-state index is -0.356. The quantitative estimate of drug-likeness (QED) is 0.718. The first-order chi connectivity index (χ1) is 12.0. The fraction of sp³-hybridized carbons (Fsp3) is 0.136. The maximum atomic E-state index is 13.1. The molecule has 0 aliphatic carbocycles. The van der Waals surface area contributed by atoms with Crippen LogP contribution in [0.5, 0.6) is 0 Å². The van der Waals surface area contributed by atoms with E-state index >= 15 is 0 Å². The van der Waals surface area contributed by atoms with E-state index in [4.69, 9.17) is 0 Å². The minimum Gasteiger partial charge on any atom is -0.341 e. The minimum absolute atomic E-state index is 0.227. The molecule has 2 nitrogen and oxygen atoms in total. The van der Waals surface area contributed by atoms with Crippen LogP contribution in [-0.2, 0) is 0 Å². The molecule has 126 valence electrons. The van der Waals surface area contributed by atoms with E-state index in [1.54, 1.807) is 0 Å². The Morgan fingerprint density at radius 3 is 2.28 bits per heavy atom. The van der Waals surface area contributed by atoms with E-state index in [0.717, 1.165) is 22.3 Å². The zero-order chi connectivity index (χ0) is 17.8. The van der Waals surface area contributed by atoms with Gasteiger partial charge in [0, 0.05) is 5.56 Å². The molecule has 1 atom stereocenters. The monoisotopic (exact) mass is 333 g/mol. The summed E-state index contributed by atoms with van der Waals surface area (Å²) in [5.74, 6) is -0.583. The van der Waals surface area contributed by atoms with Crippen molar-refractivity contribution in [1.29, 1.82) is 0 Å². The highest BCUT2D eigenvalue weighted by atomic mass is 19.1. The highest BCUT2D eigenvalue weighted by Crippen LogP contribution is 2.26. The van der Waals surface area contributed by atoms with Crippen LogP contribution in [0.4, 0.5) is 4.39 Å². The van der Waals surface area contributed by atoms with E-state index in [1.165, 1.54) is 24.3 Å². The first-order valence-electron chi connectivity index (χ1n) is 8.23. The summed E-state index contributed by atoms with van der Waals surface area (Å²) >= 11 is 0. The molecule has 0 radical (unpaired) electrons. The molecule has 0 spiro atoms. The van der Waals surface area contributed by atoms with Crippen molar-refractivity contribution in [2.45, 2.75) is 19.9 Å². The molecular weight excluding hydrogens is 313 g/mol. The number of hydrogen-bond acceptors (Lipinski definition) is 1. The highest BCUT2D eigenvalue weighted by molar-refractivity contribution is 5.94. The number of hydrogen-bond donors (Lipinski definition) is 1. The molecule has 0 heterocycles. The van der Waals surface area contributed by atoms with Crippen molar-refractivity contribution in [2.75, 3.05) is 0 Å². The molecule has 3 aromatic carbocycles. The van der Waals surface area contributed by atoms with Gasteiger partial charge in [-0.15, -0.1) is 0 Å². The van der Waals surface area contributed by atoms with Crippen LogP contribution in [0.25, 0.3) is 0 Å². The first kappa shape index (κ1) is 16.9. The van der Waals surface area contributed by atoms with E-state index < -0.39 is 0 Å². The second-order valence-corrected chi connectivity index (χ2v) is 6.18. The van der Waals surface area contributed by atoms with Gasteiger partial charge in [0.1, 0.15) is 5.82 Å². The Bertz CT molecular complexity index is 872. The number of nitrogens with one attached hydrogen (secondary N) is 1. The van der Waals surface area contributed by atoms with Crippen LogP contribution < -0.4 is 5.32 Å². The molecular formula is C22H20FNO. The standard InChI is InChI=1S/C22H20FNO/c1-15-8-9-16(2)20(14-15)21(17-6-4-3-5-7-17)24-22(25)18-10-12-19(23)13-11-18/h3-14,21H,1-2H3,(H,24,25)/t21-/m1/s1. The van der Waals surface area contributed by atoms with Gasteiger partial charge in [-0.1, -0.05) is 54.1 Å². The van der Waals surface area contributed by atoms with Crippen LogP contribution in [0, 0.1) is 19.7 Å². The van der Waals surface area contributed by atoms with Crippen LogP contribution in [-0.4, -0.2) is 5.91 Å². The third-order valence-electron chi connectivity index (χ3n) is 4.26. The Morgan fingerprint density at radius 2 is 1.60 bits per heavy atom. The summed E-state index contributed by atoms with van der Waals surface area (Å²) in [4.78, 5) is 12.7. The number of halogens is 1. The summed E-state index contributed by atoms with van der Waals surface area (Å²) in [6.45, 7) is 4.07. The van der Waals surface area contributed by atoms with Gasteiger partial charge in [0.05, 0.1) is 6.04 Å². The van der Waals surface area contributed by atoms with Gasteiger partial charge >= 0.3 is 0 Å². The van der Waals surface area contributed by atoms with Crippen LogP contribution in [0.3, 0.4) is 0 Å². The molecule has 1 N–H and O–H groups in total. The molecule has 25 heavy (non-hydrogen) atoms. The fourth-order valence-corrected chi connectivity index (χ4v) is 2.87. The molecule has 3 rings (SSSR count). The third-order valence-corrected chi connectivity index (χ3v) is 4.26. The van der Waals surface area contributed by atoms with Gasteiger partial charge < -0.3 is 5.32 Å². The predicted molar refractivity (Wildman–Crippen MR) is 98.1 cm³/mol. The average molecular weight is 333 g/mol. The first-order valence-corrected chi connectivity index (χ1v) is 8.23. The molecule has 0 aromatic heterocycles. The van der Waals surface area contributed by atoms with Gasteiger partial charge in [0.15, 0.2) is 0 Å². The summed E-state index contributed by atoms with van der Waals surface area (Å²) in [7, 11) is 0. The lowest BCUT2D eigenvalue weighted by molar-refractivity contribution is 0.0943. The average Bonchev–Trinajstić information content (AvgIpc) is 2.63. The molecule has 0 aliphatic rings. The molecule has 0 saturated heterocycles. The number of aryl methyl sites for hydroxylation is 2. The number of carbonyl (C=O) groups excluding carboxylic acids is 1. The molecule has 3 aromatic rings. The van der Waals surface area contributed by atoms with Crippen LogP contribution >= 0.6 is 0 Å². The number of benzene rings is 3. The number of carbonyl (C=O) groups is 1. The van der Waals surface area contributed by atoms with E-state index in [1.807, 2.05) is 44.2 Å². The largest absolute Gasteiger partial charge is 0.341 e. The summed E-state index contributed by atoms with van der Waals surface area (Å²) in [6, 6.07) is 21.4. The normalized spacial score (nSPS) is 11.8. The lowest BCUT2D eigenvalue weighted by Gasteiger charge is -2.22. The van der Waals surface area contributed by atoms with Crippen molar-refractivity contribution >= 4 is 5.91 Å². The molecule has 3 heteroatoms. The number of rotatable bonds is 4. The summed E-state index contributed by atoms with van der Waals surface area (Å²) in [6.07, 6.45) is 0. The Hall–Kier alpha value is -2.94. The van der Waals surface area contributed by atoms with E-state index in [0.29, 0.717) is 5.56 Å². The lowest BCUT2D eigenvalue weighted by atomic mass is 9.93. The van der Waals surface area contributed by atoms with E-state index in [2.05, 4.69) is 23.5 Å². The Labute approximate surface area is 147 Å². The molecule has 0 aliphatic heterocycles. The second-order valence-electron chi connectivity index (χ2n) is 6.18. The number of amides is 1. The summed E-state index contributed by atoms with van der Waals surface area (Å²) < 4.78 is 13.1. The zero-order valence-corrected chi connectivity index (χ0v) is 14.3. The van der Waals surface area contributed by atoms with Crippen LogP contribution in [0.15, 0.2) is 72.8 Å². The fourth-order valence-electron chi connectivity index (χ4n) is 2.87. The van der Waals surface area contributed by atoms with Gasteiger partial charge in [-0.25, -0.2) is 4.39 Å². The predicted octanol–water partition coefficient (Wildman–Crippen LogP) is 4.96. The van der Waals surface area contributed by atoms with Crippen LogP contribution in [0.2, 0.25) is 0 Å². The van der Waals surface area contributed by atoms with Gasteiger partial charge in [-0.05, 0) is 54.8 Å². The van der Waals surface area contributed by atoms with Crippen molar-refractivity contribution in [2.24, 2.45) is 0 Å². The Morgan fingerprint density at radius 1 is 0.920 bits per heavy atom. The zero-order valence-electron chi connectivity index (χ0n) is 14.3. The molecule has 0 bridgehead atoms. The lowest BCUT2D eigenvalue weighted by Crippen LogP contribution is -2.29. The van der Waals surface area contributed by atoms with E-state index in [9.17, 15) is 9.18 Å². The summed E-state index contributed by atoms with van der Waals surface area (Å²) in [5, 5.41) is 3.09. The van der Waals surface area contributed by atoms with Gasteiger partial charge in [-0.3, -0.25) is 4.79 Å². The smallest absolute Gasteiger partial charge is 0.252 e. The van der Waals surface area contributed by atoms with Gasteiger partial charge in [0.25, 0.3) is 5.91 Å². The van der Waals surface area contributed by atoms with Crippen molar-refractivity contribution in [3.05, 3.63) is 106 Å². The topological polar surface area (TPSA) is 29.1 Å². The third kappa shape index (κ3) is 3.94. The van der Waals surface area contributed by atoms with Crippen molar-refractivity contribution in [3.63, 3.8) is 0 Å². The molecule has 0 unspecified atom stereocenters. The Balaban J connectivity index is 1.98. The van der Waals surface area contributed by atoms with Crippen LogP contribution in [0.1, 0.15) is 38.7 Å². The highest BCUT2D eigenvalue weighted by Gasteiger charge is 2.19. The maximum absolute atomic E-state index is 13.1. The molecule has 0 saturated carbocycles. The van der Waals surface area contributed by atoms with E-state index in [-0.39, 0.29) is 17.8 Å². The van der Waals surface area contributed by atoms with Crippen molar-refractivity contribution < 1.29 is 9.18 Å². The SMILES string of the molecule is Cc1ccc(C)c([C@H](NC(=O)c2ccc(F)cc2)c2ccccc2)c1. The molecule has 0 fully saturated rings.